The van der Waals surface area contributed by atoms with Gasteiger partial charge in [0.25, 0.3) is 11.8 Å². The minimum Gasteiger partial charge on any atom is -0.364 e. The summed E-state index contributed by atoms with van der Waals surface area (Å²) in [6.07, 6.45) is 1.63. The normalized spacial score (nSPS) is 9.73. The Bertz CT molecular complexity index is 437. The number of nitrogens with one attached hydrogen (secondary N) is 1. The first-order valence-corrected chi connectivity index (χ1v) is 4.83. The van der Waals surface area contributed by atoms with E-state index < -0.39 is 11.8 Å². The first-order valence-electron chi connectivity index (χ1n) is 4.04. The number of hydrogen-bond acceptors (Lipinski definition) is 2. The lowest BCUT2D eigenvalue weighted by atomic mass is 10.3. The van der Waals surface area contributed by atoms with E-state index in [1.54, 1.807) is 19.3 Å². The van der Waals surface area contributed by atoms with Crippen LogP contribution in [0.4, 0.5) is 5.69 Å². The second-order valence-corrected chi connectivity index (χ2v) is 3.87. The van der Waals surface area contributed by atoms with Crippen LogP contribution in [0.15, 0.2) is 23.3 Å². The molecule has 15 heavy (non-hydrogen) atoms. The molecule has 0 aliphatic carbocycles. The van der Waals surface area contributed by atoms with Crippen molar-refractivity contribution in [2.45, 2.75) is 0 Å². The summed E-state index contributed by atoms with van der Waals surface area (Å²) in [5.74, 6) is -1.01. The summed E-state index contributed by atoms with van der Waals surface area (Å²) in [5.41, 5.74) is 5.78. The fourth-order valence-electron chi connectivity index (χ4n) is 1.13. The van der Waals surface area contributed by atoms with Crippen LogP contribution in [0, 0.1) is 0 Å². The van der Waals surface area contributed by atoms with Crippen molar-refractivity contribution >= 4 is 33.4 Å². The molecule has 1 aromatic heterocycles. The number of amides is 2. The first kappa shape index (κ1) is 11.5. The third-order valence-corrected chi connectivity index (χ3v) is 2.16. The van der Waals surface area contributed by atoms with Crippen molar-refractivity contribution < 1.29 is 9.59 Å². The van der Waals surface area contributed by atoms with Crippen LogP contribution in [0.25, 0.3) is 0 Å². The number of carbonyl (C=O) groups is 2. The molecule has 0 saturated carbocycles. The zero-order valence-electron chi connectivity index (χ0n) is 8.08. The maximum atomic E-state index is 11.3. The van der Waals surface area contributed by atoms with Crippen molar-refractivity contribution in [2.75, 3.05) is 5.32 Å². The van der Waals surface area contributed by atoms with E-state index >= 15 is 0 Å². The number of aromatic nitrogens is 1. The molecule has 0 aromatic carbocycles. The third kappa shape index (κ3) is 2.47. The van der Waals surface area contributed by atoms with E-state index in [0.29, 0.717) is 5.69 Å². The lowest BCUT2D eigenvalue weighted by Crippen LogP contribution is -2.19. The fraction of sp³-hybridized carbons (Fsp3) is 0.111. The van der Waals surface area contributed by atoms with E-state index in [-0.39, 0.29) is 10.2 Å². The van der Waals surface area contributed by atoms with E-state index in [4.69, 9.17) is 5.73 Å². The summed E-state index contributed by atoms with van der Waals surface area (Å²) in [5, 5.41) is 2.51. The highest BCUT2D eigenvalue weighted by Gasteiger charge is 2.14. The second kappa shape index (κ2) is 4.31. The Morgan fingerprint density at radius 2 is 2.20 bits per heavy atom. The number of anilines is 1. The molecule has 0 unspecified atom stereocenters. The molecule has 0 spiro atoms. The summed E-state index contributed by atoms with van der Waals surface area (Å²) >= 11 is 2.94. The maximum Gasteiger partial charge on any atom is 0.267 e. The van der Waals surface area contributed by atoms with E-state index in [2.05, 4.69) is 27.8 Å². The van der Waals surface area contributed by atoms with Gasteiger partial charge in [-0.2, -0.15) is 0 Å². The van der Waals surface area contributed by atoms with E-state index in [9.17, 15) is 9.59 Å². The number of nitrogens with two attached hydrogens (primary N) is 1. The minimum absolute atomic E-state index is 0.182. The zero-order chi connectivity index (χ0) is 11.6. The van der Waals surface area contributed by atoms with Gasteiger partial charge in [0.1, 0.15) is 5.69 Å². The molecule has 3 N–H and O–H groups in total. The third-order valence-electron chi connectivity index (χ3n) is 1.80. The Kier molecular flexibility index (Phi) is 3.31. The van der Waals surface area contributed by atoms with Crippen LogP contribution in [0.1, 0.15) is 10.5 Å². The molecule has 80 valence electrons. The van der Waals surface area contributed by atoms with Crippen molar-refractivity contribution in [1.82, 2.24) is 4.57 Å². The van der Waals surface area contributed by atoms with Crippen LogP contribution in [0.3, 0.4) is 0 Å². The molecule has 0 aliphatic rings. The second-order valence-electron chi connectivity index (χ2n) is 2.91. The molecule has 1 heterocycles. The maximum absolute atomic E-state index is 11.3. The summed E-state index contributed by atoms with van der Waals surface area (Å²) in [6.45, 7) is 3.41. The van der Waals surface area contributed by atoms with E-state index in [0.717, 1.165) is 0 Å². The molecule has 2 amide bonds. The molecule has 0 radical (unpaired) electrons. The quantitative estimate of drug-likeness (QED) is 0.804. The van der Waals surface area contributed by atoms with Gasteiger partial charge in [0.05, 0.1) is 10.2 Å². The van der Waals surface area contributed by atoms with Gasteiger partial charge in [0.2, 0.25) is 0 Å². The molecule has 5 nitrogen and oxygen atoms in total. The van der Waals surface area contributed by atoms with Gasteiger partial charge in [-0.05, 0) is 22.0 Å². The summed E-state index contributed by atoms with van der Waals surface area (Å²) < 4.78 is 1.72. The summed E-state index contributed by atoms with van der Waals surface area (Å²) in [7, 11) is 1.67. The topological polar surface area (TPSA) is 77.1 Å². The van der Waals surface area contributed by atoms with Crippen molar-refractivity contribution in [3.8, 4) is 0 Å². The van der Waals surface area contributed by atoms with Crippen LogP contribution >= 0.6 is 15.9 Å². The Hall–Kier alpha value is -1.56. The van der Waals surface area contributed by atoms with Crippen LogP contribution < -0.4 is 11.1 Å². The molecular weight excluding hydrogens is 262 g/mol. The monoisotopic (exact) mass is 271 g/mol. The Labute approximate surface area is 95.1 Å². The number of halogens is 1. The van der Waals surface area contributed by atoms with Crippen LogP contribution in [-0.2, 0) is 11.8 Å². The van der Waals surface area contributed by atoms with Crippen molar-refractivity contribution in [2.24, 2.45) is 12.8 Å². The molecule has 0 bridgehead atoms. The molecule has 1 rings (SSSR count). The molecular formula is C9H10BrN3O2. The highest BCUT2D eigenvalue weighted by atomic mass is 79.9. The predicted molar refractivity (Wildman–Crippen MR) is 60.6 cm³/mol. The molecule has 0 atom stereocenters. The zero-order valence-corrected chi connectivity index (χ0v) is 9.67. The Morgan fingerprint density at radius 3 is 2.67 bits per heavy atom. The Morgan fingerprint density at radius 1 is 1.60 bits per heavy atom. The molecule has 1 aromatic rings. The standard InChI is InChI=1S/C9H10BrN3O2/c1-5(10)9(15)12-6-3-4-13(2)7(6)8(11)14/h3-4H,1H2,2H3,(H2,11,14)(H,12,15). The lowest BCUT2D eigenvalue weighted by molar-refractivity contribution is -0.112. The lowest BCUT2D eigenvalue weighted by Gasteiger charge is -2.04. The highest BCUT2D eigenvalue weighted by molar-refractivity contribution is 9.12. The van der Waals surface area contributed by atoms with Crippen LogP contribution in [-0.4, -0.2) is 16.4 Å². The van der Waals surface area contributed by atoms with Gasteiger partial charge in [0.15, 0.2) is 0 Å². The smallest absolute Gasteiger partial charge is 0.267 e. The molecule has 0 saturated heterocycles. The minimum atomic E-state index is -0.599. The molecule has 0 aliphatic heterocycles. The summed E-state index contributed by atoms with van der Waals surface area (Å²) in [6, 6.07) is 1.59. The Balaban J connectivity index is 3.01. The van der Waals surface area contributed by atoms with Gasteiger partial charge in [0, 0.05) is 13.2 Å². The van der Waals surface area contributed by atoms with Gasteiger partial charge in [-0.15, -0.1) is 0 Å². The molecule has 0 fully saturated rings. The number of carbonyl (C=O) groups excluding carboxylic acids is 2. The fourth-order valence-corrected chi connectivity index (χ4v) is 1.23. The summed E-state index contributed by atoms with van der Waals surface area (Å²) in [4.78, 5) is 22.3. The number of nitrogens with zero attached hydrogens (tertiary/aromatic N) is 1. The van der Waals surface area contributed by atoms with E-state index in [1.807, 2.05) is 0 Å². The highest BCUT2D eigenvalue weighted by Crippen LogP contribution is 2.17. The van der Waals surface area contributed by atoms with Gasteiger partial charge < -0.3 is 15.6 Å². The number of aryl methyl sites for hydroxylation is 1. The van der Waals surface area contributed by atoms with Gasteiger partial charge >= 0.3 is 0 Å². The average molecular weight is 272 g/mol. The van der Waals surface area contributed by atoms with Crippen LogP contribution in [0.5, 0.6) is 0 Å². The number of primary amides is 1. The average Bonchev–Trinajstić information content (AvgIpc) is 2.46. The van der Waals surface area contributed by atoms with Crippen molar-refractivity contribution in [1.29, 1.82) is 0 Å². The van der Waals surface area contributed by atoms with Crippen molar-refractivity contribution in [3.63, 3.8) is 0 Å². The first-order chi connectivity index (χ1) is 6.93. The van der Waals surface area contributed by atoms with Gasteiger partial charge in [-0.25, -0.2) is 0 Å². The number of rotatable bonds is 3. The van der Waals surface area contributed by atoms with Crippen LogP contribution in [0.2, 0.25) is 0 Å². The van der Waals surface area contributed by atoms with Gasteiger partial charge in [-0.1, -0.05) is 6.58 Å². The molecule has 6 heteroatoms. The largest absolute Gasteiger partial charge is 0.364 e. The van der Waals surface area contributed by atoms with Crippen molar-refractivity contribution in [3.05, 3.63) is 29.0 Å². The SMILES string of the molecule is C=C(Br)C(=O)Nc1ccn(C)c1C(N)=O. The van der Waals surface area contributed by atoms with Gasteiger partial charge in [-0.3, -0.25) is 9.59 Å². The predicted octanol–water partition coefficient (Wildman–Crippen LogP) is 0.971. The van der Waals surface area contributed by atoms with E-state index in [1.165, 1.54) is 4.57 Å². The number of hydrogen-bond donors (Lipinski definition) is 2.